The maximum absolute atomic E-state index is 11.5. The smallest absolute Gasteiger partial charge is 0.324 e. The fourth-order valence-electron chi connectivity index (χ4n) is 1.22. The topological polar surface area (TPSA) is 67.2 Å². The summed E-state index contributed by atoms with van der Waals surface area (Å²) in [5.74, 6) is 0.904. The van der Waals surface area contributed by atoms with Crippen molar-refractivity contribution in [3.8, 4) is 0 Å². The Bertz CT molecular complexity index is 479. The van der Waals surface area contributed by atoms with Crippen molar-refractivity contribution >= 4 is 17.5 Å². The fraction of sp³-hybridized carbons (Fsp3) is 0.0909. The van der Waals surface area contributed by atoms with Crippen molar-refractivity contribution in [1.82, 2.24) is 4.98 Å². The van der Waals surface area contributed by atoms with Gasteiger partial charge in [0.15, 0.2) is 11.7 Å². The highest BCUT2D eigenvalue weighted by Crippen LogP contribution is 2.08. The van der Waals surface area contributed by atoms with E-state index in [0.29, 0.717) is 11.7 Å². The number of hydrogen-bond donors (Lipinski definition) is 2. The number of rotatable bonds is 2. The number of nitrogens with one attached hydrogen (secondary N) is 2. The maximum atomic E-state index is 11.5. The van der Waals surface area contributed by atoms with E-state index in [1.807, 2.05) is 18.2 Å². The van der Waals surface area contributed by atoms with Crippen molar-refractivity contribution in [2.24, 2.45) is 0 Å². The van der Waals surface area contributed by atoms with Crippen LogP contribution in [0.3, 0.4) is 0 Å². The van der Waals surface area contributed by atoms with E-state index < -0.39 is 0 Å². The molecule has 82 valence electrons. The SMILES string of the molecule is Cc1nc(NC(=O)Nc2ccccc2)co1. The second kappa shape index (κ2) is 4.48. The van der Waals surface area contributed by atoms with E-state index in [1.54, 1.807) is 19.1 Å². The molecule has 0 saturated heterocycles. The summed E-state index contributed by atoms with van der Waals surface area (Å²) < 4.78 is 4.96. The summed E-state index contributed by atoms with van der Waals surface area (Å²) >= 11 is 0. The molecule has 0 saturated carbocycles. The van der Waals surface area contributed by atoms with Crippen LogP contribution >= 0.6 is 0 Å². The molecule has 2 aromatic rings. The first-order chi connectivity index (χ1) is 7.74. The van der Waals surface area contributed by atoms with Crippen molar-refractivity contribution in [2.45, 2.75) is 6.92 Å². The molecule has 2 amide bonds. The lowest BCUT2D eigenvalue weighted by atomic mass is 10.3. The Hall–Kier alpha value is -2.30. The predicted octanol–water partition coefficient (Wildman–Crippen LogP) is 2.63. The fourth-order valence-corrected chi connectivity index (χ4v) is 1.22. The molecule has 0 aliphatic rings. The third-order valence-corrected chi connectivity index (χ3v) is 1.89. The zero-order valence-corrected chi connectivity index (χ0v) is 8.73. The summed E-state index contributed by atoms with van der Waals surface area (Å²) in [6.45, 7) is 1.71. The second-order valence-electron chi connectivity index (χ2n) is 3.20. The molecule has 5 nitrogen and oxygen atoms in total. The van der Waals surface area contributed by atoms with Crippen molar-refractivity contribution in [1.29, 1.82) is 0 Å². The first kappa shape index (κ1) is 10.2. The van der Waals surface area contributed by atoms with E-state index in [2.05, 4.69) is 15.6 Å². The summed E-state index contributed by atoms with van der Waals surface area (Å²) in [5.41, 5.74) is 0.722. The minimum atomic E-state index is -0.348. The summed E-state index contributed by atoms with van der Waals surface area (Å²) in [7, 11) is 0. The molecule has 2 N–H and O–H groups in total. The number of urea groups is 1. The van der Waals surface area contributed by atoms with Crippen LogP contribution in [0.1, 0.15) is 5.89 Å². The van der Waals surface area contributed by atoms with E-state index in [0.717, 1.165) is 5.69 Å². The van der Waals surface area contributed by atoms with Gasteiger partial charge in [-0.1, -0.05) is 18.2 Å². The summed E-state index contributed by atoms with van der Waals surface area (Å²) in [6, 6.07) is 8.82. The molecule has 0 unspecified atom stereocenters. The number of para-hydroxylation sites is 1. The standard InChI is InChI=1S/C11H11N3O2/c1-8-12-10(7-16-8)14-11(15)13-9-5-3-2-4-6-9/h2-7H,1H3,(H2,13,14,15). The highest BCUT2D eigenvalue weighted by molar-refractivity contribution is 5.98. The molecule has 1 heterocycles. The zero-order valence-electron chi connectivity index (χ0n) is 8.73. The van der Waals surface area contributed by atoms with Crippen LogP contribution in [-0.2, 0) is 0 Å². The lowest BCUT2D eigenvalue weighted by Crippen LogP contribution is -2.19. The minimum absolute atomic E-state index is 0.348. The number of aryl methyl sites for hydroxylation is 1. The third kappa shape index (κ3) is 2.60. The first-order valence-electron chi connectivity index (χ1n) is 4.79. The number of oxazole rings is 1. The van der Waals surface area contributed by atoms with Gasteiger partial charge in [-0.2, -0.15) is 4.98 Å². The van der Waals surface area contributed by atoms with Crippen LogP contribution in [0.2, 0.25) is 0 Å². The Morgan fingerprint density at radius 1 is 1.25 bits per heavy atom. The molecule has 0 aliphatic carbocycles. The number of carbonyl (C=O) groups is 1. The van der Waals surface area contributed by atoms with Crippen LogP contribution in [0.4, 0.5) is 16.3 Å². The number of nitrogens with zero attached hydrogens (tertiary/aromatic N) is 1. The third-order valence-electron chi connectivity index (χ3n) is 1.89. The number of aromatic nitrogens is 1. The predicted molar refractivity (Wildman–Crippen MR) is 60.3 cm³/mol. The van der Waals surface area contributed by atoms with Gasteiger partial charge < -0.3 is 9.73 Å². The molecule has 0 aliphatic heterocycles. The lowest BCUT2D eigenvalue weighted by Gasteiger charge is -2.04. The number of benzene rings is 1. The van der Waals surface area contributed by atoms with Gasteiger partial charge in [-0.3, -0.25) is 5.32 Å². The molecule has 0 spiro atoms. The number of amides is 2. The van der Waals surface area contributed by atoms with Crippen molar-refractivity contribution < 1.29 is 9.21 Å². The van der Waals surface area contributed by atoms with Crippen LogP contribution in [0, 0.1) is 6.92 Å². The quantitative estimate of drug-likeness (QED) is 0.812. The average Bonchev–Trinajstić information content (AvgIpc) is 2.65. The Kier molecular flexibility index (Phi) is 2.86. The Morgan fingerprint density at radius 2 is 2.00 bits per heavy atom. The van der Waals surface area contributed by atoms with Crippen molar-refractivity contribution in [3.05, 3.63) is 42.5 Å². The molecule has 0 bridgehead atoms. The van der Waals surface area contributed by atoms with Gasteiger partial charge in [0.05, 0.1) is 0 Å². The van der Waals surface area contributed by atoms with Crippen LogP contribution in [0.15, 0.2) is 41.0 Å². The van der Waals surface area contributed by atoms with Gasteiger partial charge in [-0.05, 0) is 12.1 Å². The number of anilines is 2. The summed E-state index contributed by atoms with van der Waals surface area (Å²) in [5, 5.41) is 5.22. The van der Waals surface area contributed by atoms with Gasteiger partial charge in [0, 0.05) is 12.6 Å². The zero-order chi connectivity index (χ0) is 11.4. The van der Waals surface area contributed by atoms with Crippen LogP contribution in [0.5, 0.6) is 0 Å². The molecule has 5 heteroatoms. The van der Waals surface area contributed by atoms with Crippen LogP contribution in [-0.4, -0.2) is 11.0 Å². The Morgan fingerprint density at radius 3 is 2.62 bits per heavy atom. The first-order valence-corrected chi connectivity index (χ1v) is 4.79. The number of hydrogen-bond acceptors (Lipinski definition) is 3. The molecule has 1 aromatic carbocycles. The van der Waals surface area contributed by atoms with Gasteiger partial charge in [0.2, 0.25) is 0 Å². The maximum Gasteiger partial charge on any atom is 0.324 e. The number of carbonyl (C=O) groups excluding carboxylic acids is 1. The summed E-state index contributed by atoms with van der Waals surface area (Å²) in [6.07, 6.45) is 1.39. The molecular formula is C11H11N3O2. The molecular weight excluding hydrogens is 206 g/mol. The van der Waals surface area contributed by atoms with Gasteiger partial charge in [-0.15, -0.1) is 0 Å². The molecule has 2 rings (SSSR count). The van der Waals surface area contributed by atoms with Gasteiger partial charge in [0.25, 0.3) is 0 Å². The van der Waals surface area contributed by atoms with Gasteiger partial charge in [0.1, 0.15) is 6.26 Å². The highest BCUT2D eigenvalue weighted by atomic mass is 16.3. The molecule has 0 fully saturated rings. The van der Waals surface area contributed by atoms with Gasteiger partial charge in [-0.25, -0.2) is 4.79 Å². The lowest BCUT2D eigenvalue weighted by molar-refractivity contribution is 0.262. The van der Waals surface area contributed by atoms with Crippen molar-refractivity contribution in [3.63, 3.8) is 0 Å². The van der Waals surface area contributed by atoms with Crippen LogP contribution < -0.4 is 10.6 Å². The van der Waals surface area contributed by atoms with E-state index in [9.17, 15) is 4.79 Å². The highest BCUT2D eigenvalue weighted by Gasteiger charge is 2.05. The van der Waals surface area contributed by atoms with Gasteiger partial charge >= 0.3 is 6.03 Å². The monoisotopic (exact) mass is 217 g/mol. The van der Waals surface area contributed by atoms with E-state index >= 15 is 0 Å². The molecule has 16 heavy (non-hydrogen) atoms. The van der Waals surface area contributed by atoms with E-state index in [1.165, 1.54) is 6.26 Å². The summed E-state index contributed by atoms with van der Waals surface area (Å²) in [4.78, 5) is 15.4. The normalized spacial score (nSPS) is 9.81. The largest absolute Gasteiger partial charge is 0.447 e. The van der Waals surface area contributed by atoms with Crippen LogP contribution in [0.25, 0.3) is 0 Å². The van der Waals surface area contributed by atoms with E-state index in [4.69, 9.17) is 4.42 Å². The Labute approximate surface area is 92.5 Å². The molecule has 1 aromatic heterocycles. The van der Waals surface area contributed by atoms with Crippen molar-refractivity contribution in [2.75, 3.05) is 10.6 Å². The average molecular weight is 217 g/mol. The molecule has 0 atom stereocenters. The second-order valence-corrected chi connectivity index (χ2v) is 3.20. The van der Waals surface area contributed by atoms with E-state index in [-0.39, 0.29) is 6.03 Å². The Balaban J connectivity index is 1.95. The minimum Gasteiger partial charge on any atom is -0.447 e. The molecule has 0 radical (unpaired) electrons.